The minimum atomic E-state index is -0.550. The van der Waals surface area contributed by atoms with Crippen molar-refractivity contribution in [2.24, 2.45) is 22.2 Å². The van der Waals surface area contributed by atoms with Crippen LogP contribution in [0.5, 0.6) is 0 Å². The topological polar surface area (TPSA) is 37.3 Å². The molecule has 0 bridgehead atoms. The van der Waals surface area contributed by atoms with Crippen LogP contribution in [0.1, 0.15) is 59.8 Å². The summed E-state index contributed by atoms with van der Waals surface area (Å²) in [5.74, 6) is -0.158. The lowest BCUT2D eigenvalue weighted by Gasteiger charge is -2.47. The fourth-order valence-electron chi connectivity index (χ4n) is 4.17. The number of hydrogen-bond donors (Lipinski definition) is 1. The lowest BCUT2D eigenvalue weighted by molar-refractivity contribution is -0.148. The van der Waals surface area contributed by atoms with E-state index >= 15 is 0 Å². The quantitative estimate of drug-likeness (QED) is 0.776. The highest BCUT2D eigenvalue weighted by molar-refractivity contribution is 5.78. The monoisotopic (exact) mass is 224 g/mol. The van der Waals surface area contributed by atoms with Crippen LogP contribution in [0.4, 0.5) is 0 Å². The highest BCUT2D eigenvalue weighted by atomic mass is 16.4. The van der Waals surface area contributed by atoms with Crippen molar-refractivity contribution in [2.75, 3.05) is 0 Å². The van der Waals surface area contributed by atoms with E-state index in [2.05, 4.69) is 27.7 Å². The van der Waals surface area contributed by atoms with Gasteiger partial charge in [-0.3, -0.25) is 4.79 Å². The minimum absolute atomic E-state index is 0.303. The van der Waals surface area contributed by atoms with Crippen molar-refractivity contribution in [2.45, 2.75) is 59.8 Å². The Balaban J connectivity index is 2.20. The third-order valence-corrected chi connectivity index (χ3v) is 4.55. The van der Waals surface area contributed by atoms with Crippen LogP contribution >= 0.6 is 0 Å². The zero-order valence-electron chi connectivity index (χ0n) is 11.0. The van der Waals surface area contributed by atoms with Gasteiger partial charge in [-0.15, -0.1) is 0 Å². The number of carbonyl (C=O) groups is 1. The second-order valence-corrected chi connectivity index (χ2v) is 7.57. The van der Waals surface area contributed by atoms with Crippen LogP contribution in [0.2, 0.25) is 0 Å². The minimum Gasteiger partial charge on any atom is -0.481 e. The van der Waals surface area contributed by atoms with Gasteiger partial charge in [-0.1, -0.05) is 27.7 Å². The Hall–Kier alpha value is -0.530. The highest BCUT2D eigenvalue weighted by Crippen LogP contribution is 2.62. The van der Waals surface area contributed by atoms with Crippen molar-refractivity contribution in [3.8, 4) is 0 Å². The van der Waals surface area contributed by atoms with Crippen molar-refractivity contribution in [1.82, 2.24) is 0 Å². The number of aliphatic carboxylic acids is 1. The summed E-state index contributed by atoms with van der Waals surface area (Å²) < 4.78 is 0. The zero-order chi connectivity index (χ0) is 12.2. The molecule has 0 unspecified atom stereocenters. The lowest BCUT2D eigenvalue weighted by Crippen LogP contribution is -2.39. The first-order valence-electron chi connectivity index (χ1n) is 6.40. The van der Waals surface area contributed by atoms with E-state index in [0.29, 0.717) is 16.7 Å². The van der Waals surface area contributed by atoms with Gasteiger partial charge in [0.25, 0.3) is 0 Å². The number of hydrogen-bond acceptors (Lipinski definition) is 1. The number of carboxylic acids is 1. The number of rotatable bonds is 2. The van der Waals surface area contributed by atoms with Crippen LogP contribution in [0, 0.1) is 22.2 Å². The van der Waals surface area contributed by atoms with Crippen LogP contribution in [0.15, 0.2) is 0 Å². The van der Waals surface area contributed by atoms with E-state index in [1.165, 1.54) is 6.42 Å². The number of carboxylic acid groups (broad SMARTS) is 1. The smallest absolute Gasteiger partial charge is 0.309 e. The lowest BCUT2D eigenvalue weighted by atomic mass is 9.58. The largest absolute Gasteiger partial charge is 0.481 e. The van der Waals surface area contributed by atoms with Gasteiger partial charge in [0, 0.05) is 0 Å². The second-order valence-electron chi connectivity index (χ2n) is 7.57. The molecule has 0 heterocycles. The van der Waals surface area contributed by atoms with Gasteiger partial charge in [0.15, 0.2) is 0 Å². The van der Waals surface area contributed by atoms with Gasteiger partial charge in [-0.05, 0) is 48.9 Å². The first kappa shape index (κ1) is 11.9. The Morgan fingerprint density at radius 1 is 1.06 bits per heavy atom. The van der Waals surface area contributed by atoms with E-state index in [0.717, 1.165) is 25.7 Å². The average molecular weight is 224 g/mol. The average Bonchev–Trinajstić information content (AvgIpc) is 2.75. The molecule has 0 aromatic carbocycles. The molecular weight excluding hydrogens is 200 g/mol. The van der Waals surface area contributed by atoms with E-state index in [1.54, 1.807) is 0 Å². The molecule has 2 aliphatic rings. The molecule has 0 aromatic rings. The summed E-state index contributed by atoms with van der Waals surface area (Å²) in [6, 6.07) is 0. The third-order valence-electron chi connectivity index (χ3n) is 4.55. The molecule has 0 spiro atoms. The fourth-order valence-corrected chi connectivity index (χ4v) is 4.17. The van der Waals surface area contributed by atoms with E-state index in [1.807, 2.05) is 0 Å². The standard InChI is InChI=1S/C14H24O2/c1-12(2)7-10(8-13(3,4)9-12)14(5-6-14)11(15)16/h10H,5-9H2,1-4H3,(H,15,16). The highest BCUT2D eigenvalue weighted by Gasteiger charge is 2.59. The summed E-state index contributed by atoms with van der Waals surface area (Å²) in [6.45, 7) is 9.16. The molecule has 1 N–H and O–H groups in total. The van der Waals surface area contributed by atoms with Crippen LogP contribution in [-0.2, 0) is 4.79 Å². The second kappa shape index (κ2) is 3.24. The van der Waals surface area contributed by atoms with Crippen molar-refractivity contribution >= 4 is 5.97 Å². The fraction of sp³-hybridized carbons (Fsp3) is 0.929. The van der Waals surface area contributed by atoms with Crippen molar-refractivity contribution in [3.63, 3.8) is 0 Å². The van der Waals surface area contributed by atoms with Crippen LogP contribution < -0.4 is 0 Å². The van der Waals surface area contributed by atoms with E-state index in [4.69, 9.17) is 0 Å². The van der Waals surface area contributed by atoms with Crippen molar-refractivity contribution < 1.29 is 9.90 Å². The van der Waals surface area contributed by atoms with Crippen LogP contribution in [0.3, 0.4) is 0 Å². The zero-order valence-corrected chi connectivity index (χ0v) is 11.0. The molecule has 16 heavy (non-hydrogen) atoms. The Kier molecular flexibility index (Phi) is 2.42. The molecular formula is C14H24O2. The summed E-state index contributed by atoms with van der Waals surface area (Å²) in [5.41, 5.74) is 0.254. The van der Waals surface area contributed by atoms with Crippen LogP contribution in [-0.4, -0.2) is 11.1 Å². The predicted octanol–water partition coefficient (Wildman–Crippen LogP) is 3.70. The molecule has 2 saturated carbocycles. The van der Waals surface area contributed by atoms with Crippen molar-refractivity contribution in [3.05, 3.63) is 0 Å². The molecule has 2 heteroatoms. The normalized spacial score (nSPS) is 31.0. The van der Waals surface area contributed by atoms with E-state index < -0.39 is 5.97 Å². The maximum absolute atomic E-state index is 11.4. The maximum Gasteiger partial charge on any atom is 0.309 e. The molecule has 0 aliphatic heterocycles. The molecule has 2 nitrogen and oxygen atoms in total. The van der Waals surface area contributed by atoms with Gasteiger partial charge in [0.2, 0.25) is 0 Å². The van der Waals surface area contributed by atoms with Gasteiger partial charge in [0.1, 0.15) is 0 Å². The first-order valence-corrected chi connectivity index (χ1v) is 6.40. The Labute approximate surface area is 98.4 Å². The maximum atomic E-state index is 11.4. The van der Waals surface area contributed by atoms with Crippen LogP contribution in [0.25, 0.3) is 0 Å². The molecule has 2 aliphatic carbocycles. The molecule has 0 radical (unpaired) electrons. The molecule has 0 saturated heterocycles. The molecule has 2 fully saturated rings. The summed E-state index contributed by atoms with van der Waals surface area (Å²) in [4.78, 5) is 11.4. The molecule has 2 rings (SSSR count). The van der Waals surface area contributed by atoms with Crippen molar-refractivity contribution in [1.29, 1.82) is 0 Å². The molecule has 0 atom stereocenters. The predicted molar refractivity (Wildman–Crippen MR) is 64.2 cm³/mol. The van der Waals surface area contributed by atoms with Gasteiger partial charge in [0.05, 0.1) is 5.41 Å². The SMILES string of the molecule is CC1(C)CC(C2(C(=O)O)CC2)CC(C)(C)C1. The van der Waals surface area contributed by atoms with Gasteiger partial charge in [-0.25, -0.2) is 0 Å². The summed E-state index contributed by atoms with van der Waals surface area (Å²) >= 11 is 0. The first-order chi connectivity index (χ1) is 7.17. The van der Waals surface area contributed by atoms with E-state index in [-0.39, 0.29) is 5.41 Å². The summed E-state index contributed by atoms with van der Waals surface area (Å²) in [5, 5.41) is 9.40. The summed E-state index contributed by atoms with van der Waals surface area (Å²) in [6.07, 6.45) is 5.19. The molecule has 92 valence electrons. The molecule has 0 amide bonds. The Morgan fingerprint density at radius 3 is 1.81 bits per heavy atom. The van der Waals surface area contributed by atoms with Gasteiger partial charge in [-0.2, -0.15) is 0 Å². The summed E-state index contributed by atoms with van der Waals surface area (Å²) in [7, 11) is 0. The van der Waals surface area contributed by atoms with Gasteiger partial charge < -0.3 is 5.11 Å². The van der Waals surface area contributed by atoms with Gasteiger partial charge >= 0.3 is 5.97 Å². The van der Waals surface area contributed by atoms with E-state index in [9.17, 15) is 9.90 Å². The third kappa shape index (κ3) is 1.99. The molecule has 0 aromatic heterocycles. The Bertz CT molecular complexity index is 295. The Morgan fingerprint density at radius 2 is 1.50 bits per heavy atom.